The lowest BCUT2D eigenvalue weighted by atomic mass is 10.0. The van der Waals surface area contributed by atoms with Crippen LogP contribution in [0.15, 0.2) is 30.3 Å². The lowest BCUT2D eigenvalue weighted by molar-refractivity contribution is -0.136. The number of halogens is 1. The number of para-hydroxylation sites is 1. The average Bonchev–Trinajstić information content (AvgIpc) is 2.85. The van der Waals surface area contributed by atoms with Gasteiger partial charge in [0.15, 0.2) is 12.4 Å². The molecule has 0 heterocycles. The minimum Gasteiger partial charge on any atom is -0.481 e. The lowest BCUT2D eigenvalue weighted by Gasteiger charge is -2.13. The van der Waals surface area contributed by atoms with E-state index in [1.54, 1.807) is 6.92 Å². The Bertz CT molecular complexity index is 837. The van der Waals surface area contributed by atoms with Gasteiger partial charge in [-0.3, -0.25) is 4.79 Å². The minimum absolute atomic E-state index is 0.0980. The van der Waals surface area contributed by atoms with Crippen LogP contribution in [0.1, 0.15) is 46.3 Å². The van der Waals surface area contributed by atoms with Gasteiger partial charge in [-0.25, -0.2) is 9.18 Å². The van der Waals surface area contributed by atoms with E-state index in [-0.39, 0.29) is 36.0 Å². The van der Waals surface area contributed by atoms with Crippen LogP contribution in [0, 0.1) is 19.7 Å². The van der Waals surface area contributed by atoms with Crippen LogP contribution in [-0.4, -0.2) is 18.4 Å². The largest absolute Gasteiger partial charge is 0.481 e. The Morgan fingerprint density at radius 1 is 1.20 bits per heavy atom. The molecule has 2 aromatic rings. The van der Waals surface area contributed by atoms with Gasteiger partial charge in [-0.2, -0.15) is 0 Å². The topological polar surface area (TPSA) is 52.6 Å². The Morgan fingerprint density at radius 2 is 1.88 bits per heavy atom. The highest BCUT2D eigenvalue weighted by molar-refractivity contribution is 6.04. The number of Topliss-reactive ketones (excluding diaryl/α,β-unsaturated/α-hetero) is 1. The summed E-state index contributed by atoms with van der Waals surface area (Å²) >= 11 is 0. The number of benzene rings is 2. The summed E-state index contributed by atoms with van der Waals surface area (Å²) in [6, 6.07) is 8.23. The number of hydrogen-bond acceptors (Lipinski definition) is 4. The first-order chi connectivity index (χ1) is 11.9. The summed E-state index contributed by atoms with van der Waals surface area (Å²) in [4.78, 5) is 24.2. The maximum atomic E-state index is 14.0. The van der Waals surface area contributed by atoms with E-state index in [2.05, 4.69) is 0 Å². The van der Waals surface area contributed by atoms with Crippen molar-refractivity contribution < 1.29 is 23.5 Å². The molecule has 0 amide bonds. The van der Waals surface area contributed by atoms with Crippen molar-refractivity contribution in [3.05, 3.63) is 58.4 Å². The highest BCUT2D eigenvalue weighted by atomic mass is 19.1. The molecule has 1 unspecified atom stereocenters. The molecule has 0 saturated carbocycles. The molecule has 130 valence electrons. The smallest absolute Gasteiger partial charge is 0.349 e. The molecule has 3 rings (SSSR count). The van der Waals surface area contributed by atoms with Crippen molar-refractivity contribution in [2.24, 2.45) is 0 Å². The number of fused-ring (bicyclic) bond motifs is 1. The van der Waals surface area contributed by atoms with Crippen molar-refractivity contribution in [1.82, 2.24) is 0 Å². The molecule has 1 atom stereocenters. The van der Waals surface area contributed by atoms with E-state index in [1.807, 2.05) is 32.0 Å². The summed E-state index contributed by atoms with van der Waals surface area (Å²) in [6.07, 6.45) is 0.222. The second-order valence-electron chi connectivity index (χ2n) is 6.35. The third-order valence-corrected chi connectivity index (χ3v) is 4.38. The fourth-order valence-corrected chi connectivity index (χ4v) is 3.22. The van der Waals surface area contributed by atoms with Crippen molar-refractivity contribution in [1.29, 1.82) is 0 Å². The third kappa shape index (κ3) is 3.27. The standard InChI is InChI=1S/C20H19FO4/c1-11-5-4-6-12(2)20(11)24-10-17(23)25-16-8-7-14(21)18-13(3)9-15(22)19(16)18/h4-8,13H,9-10H2,1-3H3. The Labute approximate surface area is 145 Å². The Balaban J connectivity index is 1.76. The molecular formula is C20H19FO4. The van der Waals surface area contributed by atoms with Crippen LogP contribution >= 0.6 is 0 Å². The number of aryl methyl sites for hydroxylation is 2. The maximum absolute atomic E-state index is 14.0. The highest BCUT2D eigenvalue weighted by Crippen LogP contribution is 2.39. The van der Waals surface area contributed by atoms with Crippen molar-refractivity contribution in [2.75, 3.05) is 6.61 Å². The first-order valence-corrected chi connectivity index (χ1v) is 8.13. The summed E-state index contributed by atoms with van der Waals surface area (Å²) in [5.41, 5.74) is 2.33. The summed E-state index contributed by atoms with van der Waals surface area (Å²) in [5, 5.41) is 0. The van der Waals surface area contributed by atoms with Gasteiger partial charge in [-0.1, -0.05) is 25.1 Å². The van der Waals surface area contributed by atoms with Gasteiger partial charge in [0, 0.05) is 12.0 Å². The predicted octanol–water partition coefficient (Wildman–Crippen LogP) is 4.12. The van der Waals surface area contributed by atoms with Crippen LogP contribution in [0.3, 0.4) is 0 Å². The normalized spacial score (nSPS) is 15.8. The maximum Gasteiger partial charge on any atom is 0.349 e. The zero-order chi connectivity index (χ0) is 18.1. The van der Waals surface area contributed by atoms with E-state index < -0.39 is 11.8 Å². The van der Waals surface area contributed by atoms with Gasteiger partial charge < -0.3 is 9.47 Å². The van der Waals surface area contributed by atoms with Crippen LogP contribution in [-0.2, 0) is 4.79 Å². The number of ether oxygens (including phenoxy) is 2. The van der Waals surface area contributed by atoms with E-state index in [4.69, 9.17) is 9.47 Å². The van der Waals surface area contributed by atoms with Gasteiger partial charge in [0.05, 0.1) is 5.56 Å². The van der Waals surface area contributed by atoms with Crippen molar-refractivity contribution in [2.45, 2.75) is 33.1 Å². The van der Waals surface area contributed by atoms with Gasteiger partial charge in [-0.05, 0) is 43.0 Å². The zero-order valence-electron chi connectivity index (χ0n) is 14.4. The molecule has 2 aromatic carbocycles. The van der Waals surface area contributed by atoms with Gasteiger partial charge in [0.2, 0.25) is 0 Å². The summed E-state index contributed by atoms with van der Waals surface area (Å²) in [7, 11) is 0. The average molecular weight is 342 g/mol. The van der Waals surface area contributed by atoms with Gasteiger partial charge >= 0.3 is 5.97 Å². The molecule has 0 fully saturated rings. The van der Waals surface area contributed by atoms with Crippen LogP contribution in [0.2, 0.25) is 0 Å². The molecule has 25 heavy (non-hydrogen) atoms. The number of carbonyl (C=O) groups is 2. The molecule has 4 nitrogen and oxygen atoms in total. The Morgan fingerprint density at radius 3 is 2.56 bits per heavy atom. The van der Waals surface area contributed by atoms with Crippen molar-refractivity contribution in [3.8, 4) is 11.5 Å². The molecule has 1 aliphatic rings. The molecular weight excluding hydrogens is 323 g/mol. The second kappa shape index (κ2) is 6.67. The lowest BCUT2D eigenvalue weighted by Crippen LogP contribution is -2.19. The second-order valence-corrected chi connectivity index (χ2v) is 6.35. The van der Waals surface area contributed by atoms with Crippen LogP contribution in [0.4, 0.5) is 4.39 Å². The molecule has 0 aromatic heterocycles. The molecule has 1 aliphatic carbocycles. The molecule has 0 aliphatic heterocycles. The Kier molecular flexibility index (Phi) is 4.57. The summed E-state index contributed by atoms with van der Waals surface area (Å²) < 4.78 is 24.8. The van der Waals surface area contributed by atoms with E-state index >= 15 is 0 Å². The third-order valence-electron chi connectivity index (χ3n) is 4.38. The summed E-state index contributed by atoms with van der Waals surface area (Å²) in [6.45, 7) is 5.27. The zero-order valence-corrected chi connectivity index (χ0v) is 14.4. The first-order valence-electron chi connectivity index (χ1n) is 8.13. The van der Waals surface area contributed by atoms with Crippen LogP contribution in [0.25, 0.3) is 0 Å². The molecule has 5 heteroatoms. The minimum atomic E-state index is -0.635. The van der Waals surface area contributed by atoms with Crippen molar-refractivity contribution in [3.63, 3.8) is 0 Å². The van der Waals surface area contributed by atoms with Crippen molar-refractivity contribution >= 4 is 11.8 Å². The van der Waals surface area contributed by atoms with Gasteiger partial charge in [0.1, 0.15) is 17.3 Å². The van der Waals surface area contributed by atoms with E-state index in [1.165, 1.54) is 12.1 Å². The summed E-state index contributed by atoms with van der Waals surface area (Å²) in [5.74, 6) is -0.773. The fraction of sp³-hybridized carbons (Fsp3) is 0.300. The molecule has 0 spiro atoms. The number of rotatable bonds is 4. The number of esters is 1. The molecule has 0 saturated heterocycles. The monoisotopic (exact) mass is 342 g/mol. The Hall–Kier alpha value is -2.69. The van der Waals surface area contributed by atoms with Crippen LogP contribution < -0.4 is 9.47 Å². The highest BCUT2D eigenvalue weighted by Gasteiger charge is 2.33. The SMILES string of the molecule is Cc1cccc(C)c1OCC(=O)Oc1ccc(F)c2c1C(=O)CC2C. The van der Waals surface area contributed by atoms with E-state index in [0.29, 0.717) is 11.3 Å². The van der Waals surface area contributed by atoms with E-state index in [0.717, 1.165) is 11.1 Å². The van der Waals surface area contributed by atoms with Gasteiger partial charge in [-0.15, -0.1) is 0 Å². The van der Waals surface area contributed by atoms with E-state index in [9.17, 15) is 14.0 Å². The quantitative estimate of drug-likeness (QED) is 0.620. The number of ketones is 1. The first kappa shape index (κ1) is 17.1. The predicted molar refractivity (Wildman–Crippen MR) is 90.8 cm³/mol. The number of carbonyl (C=O) groups excluding carboxylic acids is 2. The molecule has 0 N–H and O–H groups in total. The molecule has 0 bridgehead atoms. The molecule has 0 radical (unpaired) electrons. The van der Waals surface area contributed by atoms with Gasteiger partial charge in [0.25, 0.3) is 0 Å². The van der Waals surface area contributed by atoms with Crippen LogP contribution in [0.5, 0.6) is 11.5 Å². The number of hydrogen-bond donors (Lipinski definition) is 0. The fourth-order valence-electron chi connectivity index (χ4n) is 3.22.